The fourth-order valence-corrected chi connectivity index (χ4v) is 2.55. The molecular formula is C20H19N3O4. The Balaban J connectivity index is 1.82. The van der Waals surface area contributed by atoms with Crippen LogP contribution in [0, 0.1) is 0 Å². The van der Waals surface area contributed by atoms with Crippen LogP contribution in [0.1, 0.15) is 17.3 Å². The van der Waals surface area contributed by atoms with E-state index in [-0.39, 0.29) is 11.5 Å². The summed E-state index contributed by atoms with van der Waals surface area (Å²) < 4.78 is 10.7. The van der Waals surface area contributed by atoms with Gasteiger partial charge in [-0.05, 0) is 43.3 Å². The summed E-state index contributed by atoms with van der Waals surface area (Å²) in [5.74, 6) is 0.809. The topological polar surface area (TPSA) is 93.3 Å². The van der Waals surface area contributed by atoms with Crippen LogP contribution in [0.4, 0.5) is 5.69 Å². The number of anilines is 1. The van der Waals surface area contributed by atoms with Gasteiger partial charge in [0.2, 0.25) is 0 Å². The average molecular weight is 365 g/mol. The number of H-pyrrole nitrogens is 1. The molecule has 3 aromatic rings. The van der Waals surface area contributed by atoms with Gasteiger partial charge in [-0.2, -0.15) is 5.10 Å². The highest BCUT2D eigenvalue weighted by atomic mass is 16.5. The number of nitrogens with one attached hydrogen (secondary N) is 2. The number of hydrogen-bond donors (Lipinski definition) is 2. The van der Waals surface area contributed by atoms with E-state index < -0.39 is 0 Å². The highest BCUT2D eigenvalue weighted by Gasteiger charge is 2.12. The molecule has 138 valence electrons. The molecule has 0 bridgehead atoms. The van der Waals surface area contributed by atoms with Gasteiger partial charge in [-0.3, -0.25) is 9.59 Å². The largest absolute Gasteiger partial charge is 0.493 e. The number of carbonyl (C=O) groups excluding carboxylic acids is 1. The minimum absolute atomic E-state index is 0.271. The Kier molecular flexibility index (Phi) is 5.51. The van der Waals surface area contributed by atoms with E-state index in [1.807, 2.05) is 13.0 Å². The third-order valence-electron chi connectivity index (χ3n) is 3.82. The van der Waals surface area contributed by atoms with Gasteiger partial charge >= 0.3 is 0 Å². The van der Waals surface area contributed by atoms with E-state index >= 15 is 0 Å². The van der Waals surface area contributed by atoms with Gasteiger partial charge in [-0.25, -0.2) is 5.10 Å². The van der Waals surface area contributed by atoms with Gasteiger partial charge in [-0.15, -0.1) is 0 Å². The van der Waals surface area contributed by atoms with Crippen molar-refractivity contribution in [1.82, 2.24) is 10.2 Å². The lowest BCUT2D eigenvalue weighted by Gasteiger charge is -2.11. The Morgan fingerprint density at radius 3 is 2.67 bits per heavy atom. The van der Waals surface area contributed by atoms with Crippen LogP contribution in [0.2, 0.25) is 0 Å². The summed E-state index contributed by atoms with van der Waals surface area (Å²) in [6.07, 6.45) is 0. The van der Waals surface area contributed by atoms with Crippen LogP contribution in [0.15, 0.2) is 59.4 Å². The third kappa shape index (κ3) is 4.33. The second kappa shape index (κ2) is 8.18. The Morgan fingerprint density at radius 2 is 1.96 bits per heavy atom. The fraction of sp³-hybridized carbons (Fsp3) is 0.150. The number of carbonyl (C=O) groups is 1. The van der Waals surface area contributed by atoms with Gasteiger partial charge in [0.25, 0.3) is 11.5 Å². The smallest absolute Gasteiger partial charge is 0.264 e. The minimum atomic E-state index is -0.273. The number of nitrogens with zero attached hydrogens (tertiary/aromatic N) is 1. The Bertz CT molecular complexity index is 994. The van der Waals surface area contributed by atoms with Crippen molar-refractivity contribution in [3.05, 3.63) is 70.5 Å². The van der Waals surface area contributed by atoms with Gasteiger partial charge in [0.05, 0.1) is 19.4 Å². The predicted octanol–water partition coefficient (Wildman–Crippen LogP) is 3.10. The zero-order valence-electron chi connectivity index (χ0n) is 15.0. The molecule has 0 spiro atoms. The number of amides is 1. The van der Waals surface area contributed by atoms with Crippen LogP contribution < -0.4 is 20.3 Å². The molecule has 7 nitrogen and oxygen atoms in total. The summed E-state index contributed by atoms with van der Waals surface area (Å²) in [6, 6.07) is 15.2. The number of aromatic nitrogens is 2. The summed E-state index contributed by atoms with van der Waals surface area (Å²) in [5, 5.41) is 9.24. The van der Waals surface area contributed by atoms with Gasteiger partial charge in [0.15, 0.2) is 11.5 Å². The first-order chi connectivity index (χ1) is 13.1. The maximum atomic E-state index is 12.6. The molecule has 2 N–H and O–H groups in total. The highest BCUT2D eigenvalue weighted by molar-refractivity contribution is 6.04. The zero-order valence-corrected chi connectivity index (χ0v) is 15.0. The molecule has 0 saturated heterocycles. The van der Waals surface area contributed by atoms with E-state index in [9.17, 15) is 9.59 Å². The standard InChI is InChI=1S/C20H19N3O4/c1-3-27-18-12-14(7-9-17(18)26-2)20(25)21-15-6-4-5-13(11-15)16-8-10-19(24)23-22-16/h4-12H,3H2,1-2H3,(H,21,25)(H,23,24). The van der Waals surface area contributed by atoms with Crippen LogP contribution in [0.5, 0.6) is 11.5 Å². The van der Waals surface area contributed by atoms with Crippen LogP contribution in [-0.2, 0) is 0 Å². The summed E-state index contributed by atoms with van der Waals surface area (Å²) in [4.78, 5) is 23.7. The van der Waals surface area contributed by atoms with Crippen LogP contribution >= 0.6 is 0 Å². The maximum absolute atomic E-state index is 12.6. The van der Waals surface area contributed by atoms with E-state index in [4.69, 9.17) is 9.47 Å². The van der Waals surface area contributed by atoms with Crippen molar-refractivity contribution < 1.29 is 14.3 Å². The lowest BCUT2D eigenvalue weighted by atomic mass is 10.1. The number of hydrogen-bond acceptors (Lipinski definition) is 5. The molecule has 7 heteroatoms. The van der Waals surface area contributed by atoms with Gasteiger partial charge in [0.1, 0.15) is 0 Å². The van der Waals surface area contributed by atoms with Crippen molar-refractivity contribution >= 4 is 11.6 Å². The lowest BCUT2D eigenvalue weighted by molar-refractivity contribution is 0.102. The third-order valence-corrected chi connectivity index (χ3v) is 3.82. The van der Waals surface area contributed by atoms with Crippen molar-refractivity contribution in [3.8, 4) is 22.8 Å². The first kappa shape index (κ1) is 18.2. The van der Waals surface area contributed by atoms with E-state index in [1.54, 1.807) is 49.6 Å². The molecule has 1 aromatic heterocycles. The monoisotopic (exact) mass is 365 g/mol. The Hall–Kier alpha value is -3.61. The number of ether oxygens (including phenoxy) is 2. The summed E-state index contributed by atoms with van der Waals surface area (Å²) in [5.41, 5.74) is 2.17. The van der Waals surface area contributed by atoms with E-state index in [0.717, 1.165) is 5.56 Å². The van der Waals surface area contributed by atoms with Crippen molar-refractivity contribution in [2.75, 3.05) is 19.0 Å². The van der Waals surface area contributed by atoms with Crippen LogP contribution in [0.25, 0.3) is 11.3 Å². The SMILES string of the molecule is CCOc1cc(C(=O)Nc2cccc(-c3ccc(=O)[nH]n3)c2)ccc1OC. The minimum Gasteiger partial charge on any atom is -0.493 e. The first-order valence-corrected chi connectivity index (χ1v) is 8.39. The number of rotatable bonds is 6. The summed E-state index contributed by atoms with van der Waals surface area (Å²) in [7, 11) is 1.55. The summed E-state index contributed by atoms with van der Waals surface area (Å²) in [6.45, 7) is 2.33. The molecule has 27 heavy (non-hydrogen) atoms. The average Bonchev–Trinajstić information content (AvgIpc) is 2.69. The molecule has 0 fully saturated rings. The molecule has 1 amide bonds. The number of aromatic amines is 1. The molecule has 0 unspecified atom stereocenters. The maximum Gasteiger partial charge on any atom is 0.264 e. The molecule has 1 heterocycles. The van der Waals surface area contributed by atoms with E-state index in [0.29, 0.717) is 35.1 Å². The van der Waals surface area contributed by atoms with E-state index in [1.165, 1.54) is 6.07 Å². The fourth-order valence-electron chi connectivity index (χ4n) is 2.55. The number of methoxy groups -OCH3 is 1. The van der Waals surface area contributed by atoms with Crippen molar-refractivity contribution in [2.24, 2.45) is 0 Å². The normalized spacial score (nSPS) is 10.3. The Morgan fingerprint density at radius 1 is 1.11 bits per heavy atom. The van der Waals surface area contributed by atoms with Gasteiger partial charge < -0.3 is 14.8 Å². The molecule has 3 rings (SSSR count). The zero-order chi connectivity index (χ0) is 19.2. The van der Waals surface area contributed by atoms with Crippen molar-refractivity contribution in [2.45, 2.75) is 6.92 Å². The molecule has 0 saturated carbocycles. The van der Waals surface area contributed by atoms with Gasteiger partial charge in [0, 0.05) is 22.9 Å². The first-order valence-electron chi connectivity index (χ1n) is 8.39. The molecular weight excluding hydrogens is 346 g/mol. The van der Waals surface area contributed by atoms with Crippen molar-refractivity contribution in [3.63, 3.8) is 0 Å². The lowest BCUT2D eigenvalue weighted by Crippen LogP contribution is -2.12. The van der Waals surface area contributed by atoms with Crippen LogP contribution in [0.3, 0.4) is 0 Å². The van der Waals surface area contributed by atoms with Gasteiger partial charge in [-0.1, -0.05) is 12.1 Å². The van der Waals surface area contributed by atoms with Crippen molar-refractivity contribution in [1.29, 1.82) is 0 Å². The summed E-state index contributed by atoms with van der Waals surface area (Å²) >= 11 is 0. The molecule has 2 aromatic carbocycles. The number of benzene rings is 2. The van der Waals surface area contributed by atoms with Crippen LogP contribution in [-0.4, -0.2) is 29.8 Å². The molecule has 0 aliphatic carbocycles. The molecule has 0 radical (unpaired) electrons. The second-order valence-electron chi connectivity index (χ2n) is 5.64. The highest BCUT2D eigenvalue weighted by Crippen LogP contribution is 2.28. The second-order valence-corrected chi connectivity index (χ2v) is 5.64. The van der Waals surface area contributed by atoms with E-state index in [2.05, 4.69) is 15.5 Å². The quantitative estimate of drug-likeness (QED) is 0.700. The molecule has 0 aliphatic rings. The molecule has 0 aliphatic heterocycles. The Labute approximate surface area is 156 Å². The molecule has 0 atom stereocenters. The predicted molar refractivity (Wildman–Crippen MR) is 102 cm³/mol.